The zero-order chi connectivity index (χ0) is 15.8. The van der Waals surface area contributed by atoms with Crippen molar-refractivity contribution in [3.8, 4) is 0 Å². The molecule has 0 bridgehead atoms. The first-order chi connectivity index (χ1) is 9.70. The fourth-order valence-electron chi connectivity index (χ4n) is 2.32. The van der Waals surface area contributed by atoms with Gasteiger partial charge in [0, 0.05) is 16.8 Å². The molecular weight excluding hydrogens is 306 g/mol. The van der Waals surface area contributed by atoms with Crippen molar-refractivity contribution in [3.63, 3.8) is 0 Å². The van der Waals surface area contributed by atoms with E-state index in [-0.39, 0.29) is 10.9 Å². The predicted molar refractivity (Wildman–Crippen MR) is 85.9 cm³/mol. The number of hydrogen-bond donors (Lipinski definition) is 2. The number of nitrogens with one attached hydrogen (secondary N) is 1. The maximum Gasteiger partial charge on any atom is 0.241 e. The average molecular weight is 325 g/mol. The van der Waals surface area contributed by atoms with E-state index in [4.69, 9.17) is 5.73 Å². The summed E-state index contributed by atoms with van der Waals surface area (Å²) < 4.78 is 27.9. The molecule has 3 N–H and O–H groups in total. The monoisotopic (exact) mass is 325 g/mol. The van der Waals surface area contributed by atoms with E-state index in [1.54, 1.807) is 39.1 Å². The third-order valence-corrected chi connectivity index (χ3v) is 6.03. The Morgan fingerprint density at radius 2 is 1.81 bits per heavy atom. The minimum absolute atomic E-state index is 0.289. The lowest BCUT2D eigenvalue weighted by atomic mass is 10.1. The fraction of sp³-hybridized carbons (Fsp3) is 0.357. The van der Waals surface area contributed by atoms with Crippen molar-refractivity contribution >= 4 is 27.0 Å². The van der Waals surface area contributed by atoms with Gasteiger partial charge in [-0.1, -0.05) is 0 Å². The van der Waals surface area contributed by atoms with E-state index in [9.17, 15) is 8.42 Å². The molecule has 0 saturated heterocycles. The van der Waals surface area contributed by atoms with Gasteiger partial charge in [-0.3, -0.25) is 0 Å². The van der Waals surface area contributed by atoms with E-state index in [0.717, 1.165) is 9.88 Å². The highest BCUT2D eigenvalue weighted by atomic mass is 32.2. The fourth-order valence-corrected chi connectivity index (χ4v) is 4.83. The molecular formula is C14H19N3O2S2. The Balaban J connectivity index is 2.35. The van der Waals surface area contributed by atoms with Crippen LogP contribution in [0.4, 0.5) is 5.69 Å². The molecule has 0 radical (unpaired) electrons. The molecule has 5 nitrogen and oxygen atoms in total. The van der Waals surface area contributed by atoms with Crippen molar-refractivity contribution < 1.29 is 8.42 Å². The number of anilines is 1. The normalized spacial score (nSPS) is 13.3. The molecule has 0 aliphatic rings. The van der Waals surface area contributed by atoms with E-state index in [1.807, 2.05) is 6.92 Å². The molecule has 0 fully saturated rings. The molecule has 0 amide bonds. The number of hydrogen-bond acceptors (Lipinski definition) is 5. The summed E-state index contributed by atoms with van der Waals surface area (Å²) in [6.45, 7) is 7.22. The van der Waals surface area contributed by atoms with Crippen LogP contribution in [-0.4, -0.2) is 13.4 Å². The number of nitrogen functional groups attached to an aromatic ring is 1. The summed E-state index contributed by atoms with van der Waals surface area (Å²) in [5.41, 5.74) is 7.59. The number of benzene rings is 1. The lowest BCUT2D eigenvalue weighted by molar-refractivity contribution is 0.565. The highest BCUT2D eigenvalue weighted by molar-refractivity contribution is 7.89. The molecule has 0 saturated carbocycles. The molecule has 1 heterocycles. The van der Waals surface area contributed by atoms with Gasteiger partial charge in [-0.25, -0.2) is 18.1 Å². The van der Waals surface area contributed by atoms with Gasteiger partial charge in [-0.15, -0.1) is 11.3 Å². The zero-order valence-electron chi connectivity index (χ0n) is 12.5. The summed E-state index contributed by atoms with van der Waals surface area (Å²) in [5.74, 6) is 0. The summed E-state index contributed by atoms with van der Waals surface area (Å²) in [6.07, 6.45) is 1.74. The summed E-state index contributed by atoms with van der Waals surface area (Å²) in [7, 11) is -3.62. The third-order valence-electron chi connectivity index (χ3n) is 3.09. The van der Waals surface area contributed by atoms with E-state index in [1.165, 1.54) is 11.3 Å². The Kier molecular flexibility index (Phi) is 4.36. The van der Waals surface area contributed by atoms with E-state index in [0.29, 0.717) is 16.8 Å². The summed E-state index contributed by atoms with van der Waals surface area (Å²) in [5, 5.41) is 0.752. The van der Waals surface area contributed by atoms with E-state index >= 15 is 0 Å². The van der Waals surface area contributed by atoms with Gasteiger partial charge in [0.2, 0.25) is 10.0 Å². The standard InChI is InChI=1S/C14H19N3O2S2/c1-8-5-12(15)6-9(2)13(8)21(18,19)17-11(4)14-16-7-10(3)20-14/h5-7,11,17H,15H2,1-4H3. The van der Waals surface area contributed by atoms with Crippen LogP contribution >= 0.6 is 11.3 Å². The van der Waals surface area contributed by atoms with Crippen LogP contribution in [0.5, 0.6) is 0 Å². The minimum atomic E-state index is -3.62. The molecule has 1 aromatic heterocycles. The van der Waals surface area contributed by atoms with Gasteiger partial charge in [-0.05, 0) is 51.0 Å². The van der Waals surface area contributed by atoms with E-state index in [2.05, 4.69) is 9.71 Å². The first kappa shape index (κ1) is 15.9. The Bertz CT molecular complexity index is 743. The van der Waals surface area contributed by atoms with Crippen molar-refractivity contribution in [2.24, 2.45) is 0 Å². The van der Waals surface area contributed by atoms with E-state index < -0.39 is 10.0 Å². The highest BCUT2D eigenvalue weighted by Gasteiger charge is 2.23. The van der Waals surface area contributed by atoms with Gasteiger partial charge in [0.1, 0.15) is 5.01 Å². The first-order valence-corrected chi connectivity index (χ1v) is 8.82. The maximum absolute atomic E-state index is 12.6. The molecule has 0 aliphatic carbocycles. The molecule has 1 atom stereocenters. The smallest absolute Gasteiger partial charge is 0.241 e. The second-order valence-corrected chi connectivity index (χ2v) is 8.05. The van der Waals surface area contributed by atoms with Crippen LogP contribution in [0.3, 0.4) is 0 Å². The van der Waals surface area contributed by atoms with Crippen LogP contribution in [0.2, 0.25) is 0 Å². The van der Waals surface area contributed by atoms with Crippen LogP contribution in [-0.2, 0) is 10.0 Å². The van der Waals surface area contributed by atoms with Crippen molar-refractivity contribution in [2.45, 2.75) is 38.6 Å². The number of nitrogens with zero attached hydrogens (tertiary/aromatic N) is 1. The number of rotatable bonds is 4. The summed E-state index contributed by atoms with van der Waals surface area (Å²) in [4.78, 5) is 5.56. The number of sulfonamides is 1. The Morgan fingerprint density at radius 1 is 1.24 bits per heavy atom. The molecule has 0 aliphatic heterocycles. The second-order valence-electron chi connectivity index (χ2n) is 5.14. The van der Waals surface area contributed by atoms with Gasteiger partial charge < -0.3 is 5.73 Å². The molecule has 0 spiro atoms. The number of aromatic nitrogens is 1. The van der Waals surface area contributed by atoms with Gasteiger partial charge in [0.05, 0.1) is 10.9 Å². The molecule has 2 rings (SSSR count). The topological polar surface area (TPSA) is 85.1 Å². The highest BCUT2D eigenvalue weighted by Crippen LogP contribution is 2.26. The largest absolute Gasteiger partial charge is 0.399 e. The summed E-state index contributed by atoms with van der Waals surface area (Å²) in [6, 6.07) is 2.96. The van der Waals surface area contributed by atoms with Crippen molar-refractivity contribution in [1.29, 1.82) is 0 Å². The molecule has 114 valence electrons. The third kappa shape index (κ3) is 3.42. The summed E-state index contributed by atoms with van der Waals surface area (Å²) >= 11 is 1.48. The average Bonchev–Trinajstić information content (AvgIpc) is 2.73. The zero-order valence-corrected chi connectivity index (χ0v) is 14.1. The first-order valence-electron chi connectivity index (χ1n) is 6.52. The number of thiazole rings is 1. The Labute approximate surface area is 129 Å². The quantitative estimate of drug-likeness (QED) is 0.846. The van der Waals surface area contributed by atoms with Gasteiger partial charge in [0.25, 0.3) is 0 Å². The second kappa shape index (κ2) is 5.75. The van der Waals surface area contributed by atoms with Gasteiger partial charge in [-0.2, -0.15) is 0 Å². The maximum atomic E-state index is 12.6. The predicted octanol–water partition coefficient (Wildman–Crippen LogP) is 2.69. The van der Waals surface area contributed by atoms with Crippen LogP contribution in [0.15, 0.2) is 23.2 Å². The van der Waals surface area contributed by atoms with Gasteiger partial charge >= 0.3 is 0 Å². The lowest BCUT2D eigenvalue weighted by Gasteiger charge is -2.16. The Morgan fingerprint density at radius 3 is 2.29 bits per heavy atom. The number of nitrogens with two attached hydrogens (primary N) is 1. The van der Waals surface area contributed by atoms with Crippen LogP contribution in [0.25, 0.3) is 0 Å². The molecule has 2 aromatic rings. The molecule has 1 unspecified atom stereocenters. The van der Waals surface area contributed by atoms with Gasteiger partial charge in [0.15, 0.2) is 0 Å². The SMILES string of the molecule is Cc1cnc(C(C)NS(=O)(=O)c2c(C)cc(N)cc2C)s1. The van der Waals surface area contributed by atoms with Crippen LogP contribution < -0.4 is 10.5 Å². The van der Waals surface area contributed by atoms with Crippen molar-refractivity contribution in [2.75, 3.05) is 5.73 Å². The van der Waals surface area contributed by atoms with Crippen molar-refractivity contribution in [1.82, 2.24) is 9.71 Å². The molecule has 21 heavy (non-hydrogen) atoms. The van der Waals surface area contributed by atoms with Crippen LogP contribution in [0, 0.1) is 20.8 Å². The minimum Gasteiger partial charge on any atom is -0.399 e. The van der Waals surface area contributed by atoms with Crippen molar-refractivity contribution in [3.05, 3.63) is 39.3 Å². The van der Waals surface area contributed by atoms with Crippen LogP contribution in [0.1, 0.15) is 34.0 Å². The molecule has 1 aromatic carbocycles. The number of aryl methyl sites for hydroxylation is 3. The Hall–Kier alpha value is -1.44. The molecule has 7 heteroatoms. The lowest BCUT2D eigenvalue weighted by Crippen LogP contribution is -2.28.